The summed E-state index contributed by atoms with van der Waals surface area (Å²) >= 11 is 6.61. The smallest absolute Gasteiger partial charge is 0.136 e. The number of hydrogen-bond acceptors (Lipinski definition) is 1. The number of rotatable bonds is 1. The number of aromatic nitrogens is 1. The molecule has 164 valence electrons. The van der Waals surface area contributed by atoms with Gasteiger partial charge in [0.25, 0.3) is 0 Å². The van der Waals surface area contributed by atoms with E-state index in [-0.39, 0.29) is 0 Å². The van der Waals surface area contributed by atoms with E-state index >= 15 is 0 Å². The Balaban J connectivity index is 1.58. The molecule has 2 nitrogen and oxygen atoms in total. The highest BCUT2D eigenvalue weighted by molar-refractivity contribution is 6.37. The molecule has 6 aromatic carbocycles. The lowest BCUT2D eigenvalue weighted by Crippen LogP contribution is -1.93. The number of benzene rings is 6. The summed E-state index contributed by atoms with van der Waals surface area (Å²) in [5, 5.41) is 10.3. The van der Waals surface area contributed by atoms with Crippen molar-refractivity contribution in [3.8, 4) is 5.69 Å². The van der Waals surface area contributed by atoms with E-state index in [2.05, 4.69) is 95.6 Å². The fourth-order valence-corrected chi connectivity index (χ4v) is 6.00. The maximum atomic E-state index is 6.61. The van der Waals surface area contributed by atoms with Crippen molar-refractivity contribution in [3.63, 3.8) is 0 Å². The van der Waals surface area contributed by atoms with E-state index in [1.807, 2.05) is 18.2 Å². The fraction of sp³-hybridized carbons (Fsp3) is 0. The highest BCUT2D eigenvalue weighted by atomic mass is 35.5. The number of furan rings is 1. The van der Waals surface area contributed by atoms with E-state index in [0.29, 0.717) is 5.02 Å². The van der Waals surface area contributed by atoms with Crippen LogP contribution in [0.4, 0.5) is 0 Å². The van der Waals surface area contributed by atoms with Crippen LogP contribution in [-0.4, -0.2) is 4.57 Å². The normalized spacial score (nSPS) is 12.1. The first-order valence-corrected chi connectivity index (χ1v) is 12.1. The maximum absolute atomic E-state index is 6.61. The van der Waals surface area contributed by atoms with E-state index in [1.165, 1.54) is 43.4 Å². The molecular formula is C32H18ClNO. The van der Waals surface area contributed by atoms with Gasteiger partial charge in [-0.25, -0.2) is 0 Å². The van der Waals surface area contributed by atoms with E-state index in [4.69, 9.17) is 16.0 Å². The van der Waals surface area contributed by atoms with Gasteiger partial charge in [0.1, 0.15) is 11.2 Å². The molecule has 8 aromatic rings. The summed E-state index contributed by atoms with van der Waals surface area (Å²) in [5.41, 5.74) is 5.12. The topological polar surface area (TPSA) is 18.1 Å². The molecule has 35 heavy (non-hydrogen) atoms. The predicted octanol–water partition coefficient (Wildman–Crippen LogP) is 9.64. The first-order chi connectivity index (χ1) is 17.3. The molecule has 0 fully saturated rings. The van der Waals surface area contributed by atoms with Crippen molar-refractivity contribution in [2.45, 2.75) is 0 Å². The van der Waals surface area contributed by atoms with Crippen LogP contribution < -0.4 is 0 Å². The molecule has 3 heteroatoms. The van der Waals surface area contributed by atoms with Gasteiger partial charge >= 0.3 is 0 Å². The van der Waals surface area contributed by atoms with Crippen molar-refractivity contribution < 1.29 is 4.42 Å². The molecule has 0 spiro atoms. The maximum Gasteiger partial charge on any atom is 0.136 e. The lowest BCUT2D eigenvalue weighted by atomic mass is 10.00. The highest BCUT2D eigenvalue weighted by Crippen LogP contribution is 2.41. The van der Waals surface area contributed by atoms with Crippen molar-refractivity contribution in [2.75, 3.05) is 0 Å². The fourth-order valence-electron chi connectivity index (χ4n) is 5.74. The Morgan fingerprint density at radius 1 is 0.514 bits per heavy atom. The molecule has 0 unspecified atom stereocenters. The molecule has 8 rings (SSSR count). The molecule has 2 aromatic heterocycles. The quantitative estimate of drug-likeness (QED) is 0.235. The summed E-state index contributed by atoms with van der Waals surface area (Å²) in [7, 11) is 0. The van der Waals surface area contributed by atoms with Crippen LogP contribution in [0.25, 0.3) is 71.0 Å². The van der Waals surface area contributed by atoms with Crippen LogP contribution in [0.3, 0.4) is 0 Å². The minimum absolute atomic E-state index is 0.706. The first kappa shape index (κ1) is 19.1. The van der Waals surface area contributed by atoms with Crippen LogP contribution in [0.15, 0.2) is 114 Å². The van der Waals surface area contributed by atoms with Crippen molar-refractivity contribution in [1.82, 2.24) is 4.57 Å². The van der Waals surface area contributed by atoms with Crippen LogP contribution in [0, 0.1) is 0 Å². The van der Waals surface area contributed by atoms with Gasteiger partial charge in [0.15, 0.2) is 0 Å². The van der Waals surface area contributed by atoms with Crippen LogP contribution >= 0.6 is 11.6 Å². The minimum Gasteiger partial charge on any atom is -0.456 e. The third-order valence-corrected chi connectivity index (χ3v) is 7.55. The largest absolute Gasteiger partial charge is 0.456 e. The van der Waals surface area contributed by atoms with Crippen LogP contribution in [0.2, 0.25) is 5.02 Å². The van der Waals surface area contributed by atoms with Crippen molar-refractivity contribution >= 4 is 76.9 Å². The minimum atomic E-state index is 0.706. The Morgan fingerprint density at radius 2 is 1.17 bits per heavy atom. The van der Waals surface area contributed by atoms with Gasteiger partial charge in [0.2, 0.25) is 0 Å². The summed E-state index contributed by atoms with van der Waals surface area (Å²) in [6.07, 6.45) is 0. The van der Waals surface area contributed by atoms with Gasteiger partial charge in [-0.2, -0.15) is 0 Å². The summed E-state index contributed by atoms with van der Waals surface area (Å²) < 4.78 is 8.48. The molecule has 0 aliphatic rings. The Hall–Kier alpha value is -4.27. The molecule has 0 aliphatic heterocycles. The predicted molar refractivity (Wildman–Crippen MR) is 148 cm³/mol. The molecule has 0 saturated heterocycles. The second-order valence-corrected chi connectivity index (χ2v) is 9.50. The second-order valence-electron chi connectivity index (χ2n) is 9.09. The number of fused-ring (bicyclic) bond motifs is 10. The second kappa shape index (κ2) is 6.88. The zero-order valence-corrected chi connectivity index (χ0v) is 19.4. The molecule has 0 amide bonds. The standard InChI is InChI=1S/C32H18ClNO/c33-25-10-5-11-29-30(25)24-18-21(14-17-28(24)35-29)34-26-15-12-19-6-1-3-8-22(19)31(26)32-23-9-4-2-7-20(23)13-16-27(32)34/h1-18H. The van der Waals surface area contributed by atoms with Crippen molar-refractivity contribution in [2.24, 2.45) is 0 Å². The zero-order chi connectivity index (χ0) is 23.1. The lowest BCUT2D eigenvalue weighted by molar-refractivity contribution is 0.669. The Labute approximate surface area is 205 Å². The monoisotopic (exact) mass is 467 g/mol. The van der Waals surface area contributed by atoms with Gasteiger partial charge in [-0.3, -0.25) is 0 Å². The zero-order valence-electron chi connectivity index (χ0n) is 18.6. The Bertz CT molecular complexity index is 2040. The lowest BCUT2D eigenvalue weighted by Gasteiger charge is -2.09. The number of halogens is 1. The summed E-state index contributed by atoms with van der Waals surface area (Å²) in [4.78, 5) is 0. The molecule has 0 aliphatic carbocycles. The average molecular weight is 468 g/mol. The Kier molecular flexibility index (Phi) is 3.75. The van der Waals surface area contributed by atoms with Crippen molar-refractivity contribution in [1.29, 1.82) is 0 Å². The average Bonchev–Trinajstić information content (AvgIpc) is 3.45. The van der Waals surface area contributed by atoms with E-state index < -0.39 is 0 Å². The molecule has 0 atom stereocenters. The summed E-state index contributed by atoms with van der Waals surface area (Å²) in [6, 6.07) is 38.5. The van der Waals surface area contributed by atoms with E-state index in [1.54, 1.807) is 0 Å². The van der Waals surface area contributed by atoms with Crippen LogP contribution in [0.5, 0.6) is 0 Å². The first-order valence-electron chi connectivity index (χ1n) is 11.7. The van der Waals surface area contributed by atoms with Crippen LogP contribution in [0.1, 0.15) is 0 Å². The summed E-state index contributed by atoms with van der Waals surface area (Å²) in [6.45, 7) is 0. The highest BCUT2D eigenvalue weighted by Gasteiger charge is 2.18. The van der Waals surface area contributed by atoms with E-state index in [9.17, 15) is 0 Å². The molecule has 0 bridgehead atoms. The van der Waals surface area contributed by atoms with Crippen molar-refractivity contribution in [3.05, 3.63) is 114 Å². The molecule has 0 radical (unpaired) electrons. The Morgan fingerprint density at radius 3 is 1.86 bits per heavy atom. The van der Waals surface area contributed by atoms with Gasteiger partial charge in [0.05, 0.1) is 16.1 Å². The third-order valence-electron chi connectivity index (χ3n) is 7.23. The molecule has 0 N–H and O–H groups in total. The summed E-state index contributed by atoms with van der Waals surface area (Å²) in [5.74, 6) is 0. The van der Waals surface area contributed by atoms with Gasteiger partial charge in [-0.05, 0) is 64.0 Å². The van der Waals surface area contributed by atoms with E-state index in [0.717, 1.165) is 27.6 Å². The molecule has 2 heterocycles. The van der Waals surface area contributed by atoms with Gasteiger partial charge in [-0.1, -0.05) is 78.3 Å². The number of nitrogens with zero attached hydrogens (tertiary/aromatic N) is 1. The third kappa shape index (κ3) is 2.55. The number of hydrogen-bond donors (Lipinski definition) is 0. The molecule has 0 saturated carbocycles. The van der Waals surface area contributed by atoms with Gasteiger partial charge in [-0.15, -0.1) is 0 Å². The SMILES string of the molecule is Clc1cccc2oc3ccc(-n4c5ccc6ccccc6c5c5c6ccccc6ccc54)cc3c12. The van der Waals surface area contributed by atoms with Gasteiger partial charge in [0, 0.05) is 27.2 Å². The van der Waals surface area contributed by atoms with Crippen LogP contribution in [-0.2, 0) is 0 Å². The van der Waals surface area contributed by atoms with Gasteiger partial charge < -0.3 is 8.98 Å². The molecular weight excluding hydrogens is 450 g/mol.